The van der Waals surface area contributed by atoms with Gasteiger partial charge in [-0.05, 0) is 77.6 Å². The van der Waals surface area contributed by atoms with Crippen molar-refractivity contribution in [2.45, 2.75) is 45.6 Å². The summed E-state index contributed by atoms with van der Waals surface area (Å²) in [5, 5.41) is 0. The number of amides is 2. The minimum absolute atomic E-state index is 0.137. The fourth-order valence-corrected chi connectivity index (χ4v) is 6.63. The Bertz CT molecular complexity index is 2010. The number of carbonyl (C=O) groups is 2. The Balaban J connectivity index is 1.27. The number of rotatable bonds is 11. The zero-order valence-electron chi connectivity index (χ0n) is 30.0. The standard InChI is InChI=1S/C44H43F3N4O2/c1-32-9-8-12-38(33(32)2)31-49-25-27-50(28-26-49)43(53)41(29-35-10-4-3-5-11-35)51(30-36-14-19-37(20-15-36)40-13-6-7-24-48-40)42(52)23-18-34-16-21-39(22-17-34)44(45,46)47/h3-24,41H,25-31H2,1-2H3/t41-/m0/s1. The monoisotopic (exact) mass is 716 g/mol. The molecule has 1 saturated heterocycles. The van der Waals surface area contributed by atoms with Crippen LogP contribution in [0, 0.1) is 13.8 Å². The number of piperazine rings is 1. The van der Waals surface area contributed by atoms with E-state index >= 15 is 0 Å². The van der Waals surface area contributed by atoms with E-state index in [1.807, 2.05) is 77.7 Å². The lowest BCUT2D eigenvalue weighted by atomic mass is 10.0. The number of nitrogens with zero attached hydrogens (tertiary/aromatic N) is 4. The largest absolute Gasteiger partial charge is 0.416 e. The summed E-state index contributed by atoms with van der Waals surface area (Å²) in [4.78, 5) is 39.1. The van der Waals surface area contributed by atoms with E-state index in [0.29, 0.717) is 38.2 Å². The third-order valence-electron chi connectivity index (χ3n) is 9.93. The molecule has 5 aromatic rings. The van der Waals surface area contributed by atoms with Crippen LogP contribution in [0.3, 0.4) is 0 Å². The highest BCUT2D eigenvalue weighted by atomic mass is 19.4. The van der Waals surface area contributed by atoms with Gasteiger partial charge in [0.25, 0.3) is 0 Å². The van der Waals surface area contributed by atoms with Crippen LogP contribution in [0.1, 0.15) is 38.9 Å². The summed E-state index contributed by atoms with van der Waals surface area (Å²) in [6.07, 6.45) is 0.412. The van der Waals surface area contributed by atoms with Crippen molar-refractivity contribution in [2.24, 2.45) is 0 Å². The normalized spacial score (nSPS) is 14.3. The Kier molecular flexibility index (Phi) is 11.8. The summed E-state index contributed by atoms with van der Waals surface area (Å²) in [5.74, 6) is -0.553. The number of hydrogen-bond donors (Lipinski definition) is 0. The van der Waals surface area contributed by atoms with Gasteiger partial charge < -0.3 is 9.80 Å². The van der Waals surface area contributed by atoms with Gasteiger partial charge in [0, 0.05) is 63.5 Å². The van der Waals surface area contributed by atoms with Gasteiger partial charge in [0.15, 0.2) is 0 Å². The van der Waals surface area contributed by atoms with Gasteiger partial charge in [-0.2, -0.15) is 13.2 Å². The summed E-state index contributed by atoms with van der Waals surface area (Å²) in [6.45, 7) is 7.66. The van der Waals surface area contributed by atoms with Crippen LogP contribution in [0.5, 0.6) is 0 Å². The Hall–Kier alpha value is -5.54. The number of aryl methyl sites for hydroxylation is 1. The van der Waals surface area contributed by atoms with Gasteiger partial charge in [0.2, 0.25) is 11.8 Å². The first-order chi connectivity index (χ1) is 25.5. The van der Waals surface area contributed by atoms with E-state index in [2.05, 4.69) is 41.9 Å². The van der Waals surface area contributed by atoms with Crippen LogP contribution in [0.25, 0.3) is 17.3 Å². The molecule has 0 aliphatic carbocycles. The SMILES string of the molecule is Cc1cccc(CN2CCN(C(=O)[C@H](Cc3ccccc3)N(Cc3ccc(-c4ccccn4)cc3)C(=O)C=Cc3ccc(C(F)(F)F)cc3)CC2)c1C. The molecule has 53 heavy (non-hydrogen) atoms. The number of carbonyl (C=O) groups excluding carboxylic acids is 2. The average Bonchev–Trinajstić information content (AvgIpc) is 3.18. The second-order valence-electron chi connectivity index (χ2n) is 13.5. The van der Waals surface area contributed by atoms with Crippen molar-refractivity contribution in [1.82, 2.24) is 19.7 Å². The molecule has 1 aliphatic heterocycles. The number of alkyl halides is 3. The Labute approximate surface area is 309 Å². The van der Waals surface area contributed by atoms with Gasteiger partial charge in [0.05, 0.1) is 11.3 Å². The highest BCUT2D eigenvalue weighted by molar-refractivity contribution is 5.95. The van der Waals surface area contributed by atoms with Gasteiger partial charge in [-0.25, -0.2) is 0 Å². The lowest BCUT2D eigenvalue weighted by Gasteiger charge is -2.39. The quantitative estimate of drug-likeness (QED) is 0.129. The van der Waals surface area contributed by atoms with Crippen molar-refractivity contribution >= 4 is 17.9 Å². The third kappa shape index (κ3) is 9.67. The molecule has 2 heterocycles. The molecule has 6 rings (SSSR count). The van der Waals surface area contributed by atoms with E-state index < -0.39 is 23.7 Å². The number of pyridine rings is 1. The molecule has 1 fully saturated rings. The summed E-state index contributed by atoms with van der Waals surface area (Å²) in [5.41, 5.74) is 6.96. The molecule has 1 atom stereocenters. The van der Waals surface area contributed by atoms with Crippen LogP contribution in [0.4, 0.5) is 13.2 Å². The van der Waals surface area contributed by atoms with Gasteiger partial charge in [0.1, 0.15) is 6.04 Å². The van der Waals surface area contributed by atoms with Crippen LogP contribution in [0.2, 0.25) is 0 Å². The number of halogens is 3. The molecule has 0 radical (unpaired) electrons. The fraction of sp³-hybridized carbons (Fsp3) is 0.250. The maximum Gasteiger partial charge on any atom is 0.416 e. The van der Waals surface area contributed by atoms with E-state index in [1.54, 1.807) is 11.1 Å². The molecule has 0 saturated carbocycles. The number of aromatic nitrogens is 1. The summed E-state index contributed by atoms with van der Waals surface area (Å²) in [6, 6.07) is 33.2. The van der Waals surface area contributed by atoms with E-state index in [9.17, 15) is 22.8 Å². The highest BCUT2D eigenvalue weighted by Gasteiger charge is 2.34. The maximum absolute atomic E-state index is 14.6. The summed E-state index contributed by atoms with van der Waals surface area (Å²) in [7, 11) is 0. The van der Waals surface area contributed by atoms with Gasteiger partial charge in [-0.15, -0.1) is 0 Å². The molecule has 0 unspecified atom stereocenters. The molecule has 1 aliphatic rings. The van der Waals surface area contributed by atoms with Crippen LogP contribution < -0.4 is 0 Å². The first-order valence-corrected chi connectivity index (χ1v) is 17.8. The zero-order chi connectivity index (χ0) is 37.4. The molecule has 4 aromatic carbocycles. The molecular weight excluding hydrogens is 674 g/mol. The van der Waals surface area contributed by atoms with Crippen LogP contribution in [0.15, 0.2) is 128 Å². The second kappa shape index (κ2) is 16.9. The minimum Gasteiger partial charge on any atom is -0.338 e. The van der Waals surface area contributed by atoms with E-state index in [0.717, 1.165) is 41.1 Å². The molecular formula is C44H43F3N4O2. The van der Waals surface area contributed by atoms with Crippen molar-refractivity contribution in [3.63, 3.8) is 0 Å². The van der Waals surface area contributed by atoms with Crippen molar-refractivity contribution in [2.75, 3.05) is 26.2 Å². The molecule has 0 N–H and O–H groups in total. The fourth-order valence-electron chi connectivity index (χ4n) is 6.63. The molecule has 9 heteroatoms. The lowest BCUT2D eigenvalue weighted by Crippen LogP contribution is -2.56. The van der Waals surface area contributed by atoms with Gasteiger partial charge >= 0.3 is 6.18 Å². The predicted octanol–water partition coefficient (Wildman–Crippen LogP) is 8.38. The Morgan fingerprint density at radius 2 is 1.49 bits per heavy atom. The molecule has 1 aromatic heterocycles. The smallest absolute Gasteiger partial charge is 0.338 e. The van der Waals surface area contributed by atoms with E-state index in [-0.39, 0.29) is 12.5 Å². The van der Waals surface area contributed by atoms with Gasteiger partial charge in [-0.1, -0.05) is 91.0 Å². The van der Waals surface area contributed by atoms with Crippen LogP contribution >= 0.6 is 0 Å². The van der Waals surface area contributed by atoms with Crippen molar-refractivity contribution in [1.29, 1.82) is 0 Å². The van der Waals surface area contributed by atoms with Crippen LogP contribution in [-0.2, 0) is 35.3 Å². The zero-order valence-corrected chi connectivity index (χ0v) is 30.0. The topological polar surface area (TPSA) is 56.8 Å². The molecule has 272 valence electrons. The summed E-state index contributed by atoms with van der Waals surface area (Å²) >= 11 is 0. The van der Waals surface area contributed by atoms with Gasteiger partial charge in [-0.3, -0.25) is 19.5 Å². The minimum atomic E-state index is -4.46. The Morgan fingerprint density at radius 1 is 0.792 bits per heavy atom. The van der Waals surface area contributed by atoms with Crippen LogP contribution in [-0.4, -0.2) is 63.7 Å². The molecule has 2 amide bonds. The first kappa shape index (κ1) is 37.2. The second-order valence-corrected chi connectivity index (χ2v) is 13.5. The first-order valence-electron chi connectivity index (χ1n) is 17.8. The van der Waals surface area contributed by atoms with Crippen molar-refractivity contribution in [3.05, 3.63) is 166 Å². The van der Waals surface area contributed by atoms with E-state index in [1.165, 1.54) is 41.0 Å². The highest BCUT2D eigenvalue weighted by Crippen LogP contribution is 2.29. The maximum atomic E-state index is 14.6. The van der Waals surface area contributed by atoms with Crippen molar-refractivity contribution in [3.8, 4) is 11.3 Å². The average molecular weight is 717 g/mol. The molecule has 0 bridgehead atoms. The third-order valence-corrected chi connectivity index (χ3v) is 9.93. The number of benzene rings is 4. The molecule has 6 nitrogen and oxygen atoms in total. The number of hydrogen-bond acceptors (Lipinski definition) is 4. The van der Waals surface area contributed by atoms with E-state index in [4.69, 9.17) is 0 Å². The molecule has 0 spiro atoms. The lowest BCUT2D eigenvalue weighted by molar-refractivity contribution is -0.145. The Morgan fingerprint density at radius 3 is 2.15 bits per heavy atom. The summed E-state index contributed by atoms with van der Waals surface area (Å²) < 4.78 is 39.6. The predicted molar refractivity (Wildman–Crippen MR) is 202 cm³/mol. The van der Waals surface area contributed by atoms with Crippen molar-refractivity contribution < 1.29 is 22.8 Å².